The maximum atomic E-state index is 10.7. The smallest absolute Gasteiger partial charge is 0.147 e. The minimum absolute atomic E-state index is 0.183. The Morgan fingerprint density at radius 2 is 1.94 bits per heavy atom. The molecule has 1 aliphatic carbocycles. The molecule has 1 fully saturated rings. The quantitative estimate of drug-likeness (QED) is 0.615. The molecule has 0 spiro atoms. The highest BCUT2D eigenvalue weighted by Crippen LogP contribution is 2.38. The zero-order chi connectivity index (χ0) is 12.3. The Kier molecular flexibility index (Phi) is 3.66. The molecule has 1 saturated carbocycles. The van der Waals surface area contributed by atoms with Crippen LogP contribution in [0.25, 0.3) is 0 Å². The summed E-state index contributed by atoms with van der Waals surface area (Å²) >= 11 is 5.91. The maximum absolute atomic E-state index is 10.7. The molecule has 90 valence electrons. The predicted octanol–water partition coefficient (Wildman–Crippen LogP) is 3.15. The number of nitriles is 1. The van der Waals surface area contributed by atoms with E-state index in [9.17, 15) is 5.11 Å². The fourth-order valence-electron chi connectivity index (χ4n) is 2.51. The zero-order valence-corrected chi connectivity index (χ0v) is 10.4. The van der Waals surface area contributed by atoms with Crippen molar-refractivity contribution in [3.05, 3.63) is 28.5 Å². The lowest BCUT2D eigenvalue weighted by Gasteiger charge is -2.28. The third-order valence-electron chi connectivity index (χ3n) is 3.45. The molecule has 0 atom stereocenters. The van der Waals surface area contributed by atoms with E-state index in [2.05, 4.69) is 11.1 Å². The summed E-state index contributed by atoms with van der Waals surface area (Å²) in [5.41, 5.74) is 0.0502. The van der Waals surface area contributed by atoms with Gasteiger partial charge in [0.25, 0.3) is 0 Å². The molecule has 1 aliphatic rings. The Labute approximate surface area is 106 Å². The molecule has 0 radical (unpaired) electrons. The van der Waals surface area contributed by atoms with Crippen LogP contribution in [0, 0.1) is 11.3 Å². The minimum Gasteiger partial charge on any atom is -0.385 e. The van der Waals surface area contributed by atoms with Crippen LogP contribution >= 0.6 is 11.6 Å². The fraction of sp³-hybridized carbons (Fsp3) is 0.538. The summed E-state index contributed by atoms with van der Waals surface area (Å²) < 4.78 is 0. The summed E-state index contributed by atoms with van der Waals surface area (Å²) in [6.45, 7) is 0. The fourth-order valence-corrected chi connectivity index (χ4v) is 2.71. The molecule has 1 aromatic rings. The number of pyridine rings is 1. The number of aromatic nitrogens is 1. The number of nitrogens with zero attached hydrogens (tertiary/aromatic N) is 2. The van der Waals surface area contributed by atoms with Gasteiger partial charge in [0.1, 0.15) is 11.2 Å². The van der Waals surface area contributed by atoms with E-state index in [0.29, 0.717) is 24.0 Å². The van der Waals surface area contributed by atoms with Crippen LogP contribution in [0.1, 0.15) is 49.7 Å². The van der Waals surface area contributed by atoms with Crippen molar-refractivity contribution in [3.63, 3.8) is 0 Å². The predicted molar refractivity (Wildman–Crippen MR) is 65.6 cm³/mol. The first-order chi connectivity index (χ1) is 8.17. The van der Waals surface area contributed by atoms with Crippen LogP contribution in [0.2, 0.25) is 5.15 Å². The molecule has 1 heterocycles. The average Bonchev–Trinajstić information content (AvgIpc) is 2.55. The summed E-state index contributed by atoms with van der Waals surface area (Å²) in [7, 11) is 0. The first-order valence-electron chi connectivity index (χ1n) is 5.95. The maximum Gasteiger partial charge on any atom is 0.147 e. The highest BCUT2D eigenvalue weighted by atomic mass is 35.5. The molecule has 4 heteroatoms. The number of halogens is 1. The van der Waals surface area contributed by atoms with Gasteiger partial charge in [0.05, 0.1) is 11.2 Å². The second kappa shape index (κ2) is 5.03. The van der Waals surface area contributed by atoms with Crippen molar-refractivity contribution in [1.29, 1.82) is 5.26 Å². The van der Waals surface area contributed by atoms with Crippen molar-refractivity contribution in [3.8, 4) is 6.07 Å². The molecule has 2 rings (SSSR count). The number of aliphatic hydroxyl groups is 1. The van der Waals surface area contributed by atoms with Gasteiger partial charge in [-0.25, -0.2) is 4.98 Å². The Balaban J connectivity index is 2.45. The molecule has 0 amide bonds. The highest BCUT2D eigenvalue weighted by Gasteiger charge is 2.33. The Morgan fingerprint density at radius 1 is 1.29 bits per heavy atom. The highest BCUT2D eigenvalue weighted by molar-refractivity contribution is 6.30. The number of hydrogen-bond acceptors (Lipinski definition) is 3. The van der Waals surface area contributed by atoms with Gasteiger partial charge >= 0.3 is 0 Å². The largest absolute Gasteiger partial charge is 0.385 e. The van der Waals surface area contributed by atoms with Crippen LogP contribution in [0.15, 0.2) is 12.3 Å². The van der Waals surface area contributed by atoms with E-state index < -0.39 is 5.60 Å². The van der Waals surface area contributed by atoms with Gasteiger partial charge in [-0.05, 0) is 18.9 Å². The second-order valence-electron chi connectivity index (χ2n) is 4.58. The summed E-state index contributed by atoms with van der Waals surface area (Å²) in [4.78, 5) is 3.89. The molecule has 17 heavy (non-hydrogen) atoms. The molecule has 0 unspecified atom stereocenters. The molecule has 1 N–H and O–H groups in total. The van der Waals surface area contributed by atoms with E-state index in [4.69, 9.17) is 16.9 Å². The van der Waals surface area contributed by atoms with Gasteiger partial charge in [0.2, 0.25) is 0 Å². The van der Waals surface area contributed by atoms with Crippen LogP contribution in [0.3, 0.4) is 0 Å². The van der Waals surface area contributed by atoms with E-state index in [-0.39, 0.29) is 5.15 Å². The van der Waals surface area contributed by atoms with Crippen molar-refractivity contribution < 1.29 is 5.11 Å². The normalized spacial score (nSPS) is 19.4. The molecule has 3 nitrogen and oxygen atoms in total. The number of hydrogen-bond donors (Lipinski definition) is 1. The van der Waals surface area contributed by atoms with Gasteiger partial charge in [-0.3, -0.25) is 0 Å². The van der Waals surface area contributed by atoms with Crippen LogP contribution in [0.4, 0.5) is 0 Å². The third-order valence-corrected chi connectivity index (χ3v) is 3.74. The van der Waals surface area contributed by atoms with Gasteiger partial charge in [-0.2, -0.15) is 5.26 Å². The van der Waals surface area contributed by atoms with Crippen LogP contribution < -0.4 is 0 Å². The minimum atomic E-state index is -0.909. The lowest BCUT2D eigenvalue weighted by molar-refractivity contribution is 0.0204. The Morgan fingerprint density at radius 3 is 2.53 bits per heavy atom. The summed E-state index contributed by atoms with van der Waals surface area (Å²) in [5, 5.41) is 20.0. The van der Waals surface area contributed by atoms with Gasteiger partial charge in [-0.1, -0.05) is 37.3 Å². The van der Waals surface area contributed by atoms with Gasteiger partial charge in [-0.15, -0.1) is 0 Å². The Bertz CT molecular complexity index is 445. The average molecular weight is 251 g/mol. The molecular weight excluding hydrogens is 236 g/mol. The molecule has 0 bridgehead atoms. The van der Waals surface area contributed by atoms with Crippen molar-refractivity contribution >= 4 is 11.6 Å². The van der Waals surface area contributed by atoms with Crippen molar-refractivity contribution in [2.45, 2.75) is 44.1 Å². The van der Waals surface area contributed by atoms with Gasteiger partial charge in [0.15, 0.2) is 0 Å². The molecule has 0 aliphatic heterocycles. The van der Waals surface area contributed by atoms with E-state index in [1.165, 1.54) is 0 Å². The van der Waals surface area contributed by atoms with Gasteiger partial charge < -0.3 is 5.11 Å². The monoisotopic (exact) mass is 250 g/mol. The lowest BCUT2D eigenvalue weighted by Crippen LogP contribution is -2.26. The van der Waals surface area contributed by atoms with Crippen molar-refractivity contribution in [2.75, 3.05) is 0 Å². The van der Waals surface area contributed by atoms with Crippen molar-refractivity contribution in [2.24, 2.45) is 0 Å². The summed E-state index contributed by atoms with van der Waals surface area (Å²) in [6.07, 6.45) is 7.21. The van der Waals surface area contributed by atoms with E-state index >= 15 is 0 Å². The summed E-state index contributed by atoms with van der Waals surface area (Å²) in [6, 6.07) is 3.77. The first kappa shape index (κ1) is 12.3. The Hall–Kier alpha value is -1.11. The lowest BCUT2D eigenvalue weighted by atomic mass is 9.85. The van der Waals surface area contributed by atoms with E-state index in [1.54, 1.807) is 12.3 Å². The molecule has 0 saturated heterocycles. The van der Waals surface area contributed by atoms with Crippen LogP contribution in [-0.4, -0.2) is 10.1 Å². The van der Waals surface area contributed by atoms with Crippen LogP contribution in [0.5, 0.6) is 0 Å². The molecule has 1 aromatic heterocycles. The topological polar surface area (TPSA) is 56.9 Å². The third kappa shape index (κ3) is 2.43. The molecule has 0 aromatic carbocycles. The zero-order valence-electron chi connectivity index (χ0n) is 9.62. The van der Waals surface area contributed by atoms with Crippen molar-refractivity contribution in [1.82, 2.24) is 4.98 Å². The second-order valence-corrected chi connectivity index (χ2v) is 4.94. The number of rotatable bonds is 1. The van der Waals surface area contributed by atoms with E-state index in [0.717, 1.165) is 25.7 Å². The van der Waals surface area contributed by atoms with Crippen LogP contribution in [-0.2, 0) is 5.60 Å². The standard InChI is InChI=1S/C13H15ClN2O/c14-12-10(9-15)11(5-8-16-12)13(17)6-3-1-2-4-7-13/h5,8,17H,1-4,6-7H2. The SMILES string of the molecule is N#Cc1c(C2(O)CCCCCC2)ccnc1Cl. The molecular formula is C13H15ClN2O. The first-order valence-corrected chi connectivity index (χ1v) is 6.33. The van der Waals surface area contributed by atoms with E-state index in [1.807, 2.05) is 0 Å². The van der Waals surface area contributed by atoms with Gasteiger partial charge in [0, 0.05) is 11.8 Å². The summed E-state index contributed by atoms with van der Waals surface area (Å²) in [5.74, 6) is 0.